The van der Waals surface area contributed by atoms with Crippen molar-refractivity contribution >= 4 is 20.2 Å². The van der Waals surface area contributed by atoms with Crippen LogP contribution in [0.15, 0.2) is 0 Å². The molecule has 0 amide bonds. The largest absolute Gasteiger partial charge is 0.380 e. The molecule has 1 aliphatic heterocycles. The van der Waals surface area contributed by atoms with E-state index in [0.29, 0.717) is 0 Å². The maximum Gasteiger partial charge on any atom is 0.265 e. The number of ether oxygens (including phenoxy) is 1. The van der Waals surface area contributed by atoms with Crippen molar-refractivity contribution in [3.63, 3.8) is 0 Å². The molecule has 1 aliphatic rings. The van der Waals surface area contributed by atoms with Crippen molar-refractivity contribution in [2.75, 3.05) is 24.7 Å². The maximum absolute atomic E-state index is 10.5. The van der Waals surface area contributed by atoms with Gasteiger partial charge in [-0.05, 0) is 0 Å². The molecule has 1 fully saturated rings. The van der Waals surface area contributed by atoms with Crippen molar-refractivity contribution in [1.82, 2.24) is 0 Å². The highest BCUT2D eigenvalue weighted by Gasteiger charge is 2.45. The van der Waals surface area contributed by atoms with Crippen molar-refractivity contribution in [3.05, 3.63) is 0 Å². The van der Waals surface area contributed by atoms with Crippen LogP contribution in [-0.2, 0) is 25.0 Å². The molecule has 0 radical (unpaired) electrons. The highest BCUT2D eigenvalue weighted by molar-refractivity contribution is 7.86. The van der Waals surface area contributed by atoms with E-state index in [4.69, 9.17) is 9.11 Å². The molecule has 0 aromatic rings. The van der Waals surface area contributed by atoms with E-state index in [1.165, 1.54) is 0 Å². The molecule has 0 aromatic heterocycles. The topological polar surface area (TPSA) is 118 Å². The summed E-state index contributed by atoms with van der Waals surface area (Å²) in [6.07, 6.45) is 0. The van der Waals surface area contributed by atoms with Gasteiger partial charge in [-0.1, -0.05) is 0 Å². The van der Waals surface area contributed by atoms with E-state index >= 15 is 0 Å². The Morgan fingerprint density at radius 3 is 1.50 bits per heavy atom. The fourth-order valence-electron chi connectivity index (χ4n) is 1.37. The third-order valence-corrected chi connectivity index (χ3v) is 3.75. The Kier molecular flexibility index (Phi) is 2.89. The van der Waals surface area contributed by atoms with Crippen LogP contribution in [0.2, 0.25) is 0 Å². The van der Waals surface area contributed by atoms with Crippen molar-refractivity contribution in [2.45, 2.75) is 0 Å². The van der Waals surface area contributed by atoms with Gasteiger partial charge in [0, 0.05) is 5.41 Å². The fourth-order valence-corrected chi connectivity index (χ4v) is 3.59. The van der Waals surface area contributed by atoms with Gasteiger partial charge in [0.25, 0.3) is 20.2 Å². The SMILES string of the molecule is O=S(=O)(O)CC1(CS(=O)(=O)O)COC1. The summed E-state index contributed by atoms with van der Waals surface area (Å²) in [4.78, 5) is 0. The van der Waals surface area contributed by atoms with E-state index in [0.717, 1.165) is 0 Å². The van der Waals surface area contributed by atoms with Gasteiger partial charge in [-0.15, -0.1) is 0 Å². The molecule has 84 valence electrons. The standard InChI is InChI=1S/C5H10O7S2/c6-13(7,8)3-5(1-12-2-5)4-14(9,10)11/h1-4H2,(H,6,7,8)(H,9,10,11). The number of hydrogen-bond donors (Lipinski definition) is 2. The lowest BCUT2D eigenvalue weighted by molar-refractivity contribution is -0.0859. The first-order chi connectivity index (χ1) is 6.12. The highest BCUT2D eigenvalue weighted by atomic mass is 32.2. The lowest BCUT2D eigenvalue weighted by Gasteiger charge is -2.39. The van der Waals surface area contributed by atoms with Gasteiger partial charge in [-0.2, -0.15) is 16.8 Å². The van der Waals surface area contributed by atoms with Crippen LogP contribution in [0.3, 0.4) is 0 Å². The molecule has 0 unspecified atom stereocenters. The lowest BCUT2D eigenvalue weighted by Crippen LogP contribution is -2.52. The van der Waals surface area contributed by atoms with Gasteiger partial charge in [-0.3, -0.25) is 9.11 Å². The Hall–Kier alpha value is -0.220. The summed E-state index contributed by atoms with van der Waals surface area (Å²) in [6.45, 7) is -0.209. The monoisotopic (exact) mass is 246 g/mol. The molecule has 0 saturated carbocycles. The van der Waals surface area contributed by atoms with Gasteiger partial charge < -0.3 is 4.74 Å². The Bertz CT molecular complexity index is 365. The molecular weight excluding hydrogens is 236 g/mol. The van der Waals surface area contributed by atoms with Gasteiger partial charge in [0.1, 0.15) is 0 Å². The summed E-state index contributed by atoms with van der Waals surface area (Å²) in [7, 11) is -8.54. The number of rotatable bonds is 4. The molecule has 0 aliphatic carbocycles. The fraction of sp³-hybridized carbons (Fsp3) is 1.00. The second-order valence-electron chi connectivity index (χ2n) is 3.45. The van der Waals surface area contributed by atoms with Crippen LogP contribution in [-0.4, -0.2) is 50.7 Å². The lowest BCUT2D eigenvalue weighted by atomic mass is 9.91. The Labute approximate surface area is 81.6 Å². The first-order valence-corrected chi connectivity index (χ1v) is 6.82. The highest BCUT2D eigenvalue weighted by Crippen LogP contribution is 2.30. The molecule has 2 N–H and O–H groups in total. The molecule has 0 spiro atoms. The minimum absolute atomic E-state index is 0.105. The molecule has 9 heteroatoms. The molecule has 1 rings (SSSR count). The molecule has 0 atom stereocenters. The number of hydrogen-bond acceptors (Lipinski definition) is 5. The molecule has 0 aromatic carbocycles. The molecule has 1 heterocycles. The zero-order valence-corrected chi connectivity index (χ0v) is 8.71. The van der Waals surface area contributed by atoms with Crippen LogP contribution in [0.25, 0.3) is 0 Å². The van der Waals surface area contributed by atoms with Crippen LogP contribution in [0, 0.1) is 5.41 Å². The van der Waals surface area contributed by atoms with E-state index in [1.807, 2.05) is 0 Å². The Balaban J connectivity index is 2.79. The third kappa shape index (κ3) is 3.50. The average molecular weight is 246 g/mol. The van der Waals surface area contributed by atoms with E-state index in [9.17, 15) is 16.8 Å². The van der Waals surface area contributed by atoms with Gasteiger partial charge in [0.15, 0.2) is 0 Å². The second-order valence-corrected chi connectivity index (χ2v) is 6.35. The van der Waals surface area contributed by atoms with E-state index in [2.05, 4.69) is 4.74 Å². The van der Waals surface area contributed by atoms with Crippen LogP contribution in [0.5, 0.6) is 0 Å². The van der Waals surface area contributed by atoms with Crippen LogP contribution in [0.4, 0.5) is 0 Å². The summed E-state index contributed by atoms with van der Waals surface area (Å²) < 4.78 is 64.0. The first-order valence-electron chi connectivity index (χ1n) is 3.60. The van der Waals surface area contributed by atoms with Crippen molar-refractivity contribution in [1.29, 1.82) is 0 Å². The maximum atomic E-state index is 10.5. The molecular formula is C5H10O7S2. The van der Waals surface area contributed by atoms with Crippen molar-refractivity contribution in [3.8, 4) is 0 Å². The molecule has 14 heavy (non-hydrogen) atoms. The smallest absolute Gasteiger partial charge is 0.265 e. The third-order valence-electron chi connectivity index (χ3n) is 1.79. The van der Waals surface area contributed by atoms with Crippen molar-refractivity contribution < 1.29 is 30.7 Å². The van der Waals surface area contributed by atoms with E-state index in [1.54, 1.807) is 0 Å². The average Bonchev–Trinajstić information content (AvgIpc) is 1.75. The summed E-state index contributed by atoms with van der Waals surface area (Å²) in [5.74, 6) is -1.44. The summed E-state index contributed by atoms with van der Waals surface area (Å²) in [6, 6.07) is 0. The van der Waals surface area contributed by atoms with E-state index < -0.39 is 37.2 Å². The van der Waals surface area contributed by atoms with Crippen LogP contribution in [0.1, 0.15) is 0 Å². The minimum Gasteiger partial charge on any atom is -0.380 e. The molecule has 0 bridgehead atoms. The Morgan fingerprint density at radius 2 is 1.36 bits per heavy atom. The van der Waals surface area contributed by atoms with Gasteiger partial charge in [0.05, 0.1) is 24.7 Å². The normalized spacial score (nSPS) is 21.6. The Morgan fingerprint density at radius 1 is 1.00 bits per heavy atom. The molecule has 1 saturated heterocycles. The summed E-state index contributed by atoms with van der Waals surface area (Å²) in [5, 5.41) is 0. The minimum atomic E-state index is -4.27. The van der Waals surface area contributed by atoms with Gasteiger partial charge in [0.2, 0.25) is 0 Å². The second kappa shape index (κ2) is 3.42. The van der Waals surface area contributed by atoms with Gasteiger partial charge in [-0.25, -0.2) is 0 Å². The zero-order valence-electron chi connectivity index (χ0n) is 7.08. The predicted molar refractivity (Wildman–Crippen MR) is 46.1 cm³/mol. The summed E-state index contributed by atoms with van der Waals surface area (Å²) >= 11 is 0. The van der Waals surface area contributed by atoms with Gasteiger partial charge >= 0.3 is 0 Å². The van der Waals surface area contributed by atoms with Crippen LogP contribution >= 0.6 is 0 Å². The first kappa shape index (κ1) is 11.9. The molecule has 7 nitrogen and oxygen atoms in total. The quantitative estimate of drug-likeness (QED) is 0.597. The zero-order chi connectivity index (χ0) is 11.0. The van der Waals surface area contributed by atoms with Crippen molar-refractivity contribution in [2.24, 2.45) is 5.41 Å². The summed E-state index contributed by atoms with van der Waals surface area (Å²) in [5.41, 5.74) is -1.21. The predicted octanol–water partition coefficient (Wildman–Crippen LogP) is -1.22. The van der Waals surface area contributed by atoms with Crippen LogP contribution < -0.4 is 0 Å². The van der Waals surface area contributed by atoms with E-state index in [-0.39, 0.29) is 13.2 Å².